The van der Waals surface area contributed by atoms with E-state index in [4.69, 9.17) is 0 Å². The molecule has 0 spiro atoms. The van der Waals surface area contributed by atoms with Gasteiger partial charge in [-0.15, -0.1) is 10.2 Å². The van der Waals surface area contributed by atoms with Crippen molar-refractivity contribution in [2.24, 2.45) is 0 Å². The van der Waals surface area contributed by atoms with Gasteiger partial charge in [0.1, 0.15) is 5.82 Å². The summed E-state index contributed by atoms with van der Waals surface area (Å²) in [6.45, 7) is 10.2. The summed E-state index contributed by atoms with van der Waals surface area (Å²) >= 11 is 0. The predicted octanol–water partition coefficient (Wildman–Crippen LogP) is 3.56. The molecule has 0 aliphatic rings. The van der Waals surface area contributed by atoms with Crippen molar-refractivity contribution in [3.05, 3.63) is 47.2 Å². The molecule has 0 radical (unpaired) electrons. The average molecular weight is 298 g/mol. The molecule has 0 bridgehead atoms. The van der Waals surface area contributed by atoms with Crippen LogP contribution >= 0.6 is 0 Å². The van der Waals surface area contributed by atoms with Gasteiger partial charge >= 0.3 is 0 Å². The highest BCUT2D eigenvalue weighted by Crippen LogP contribution is 2.15. The number of carbonyl (C=O) groups excluding carboxylic acids is 1. The van der Waals surface area contributed by atoms with Gasteiger partial charge in [0.25, 0.3) is 5.91 Å². The van der Waals surface area contributed by atoms with Crippen LogP contribution in [0.5, 0.6) is 0 Å². The van der Waals surface area contributed by atoms with E-state index in [1.165, 1.54) is 5.56 Å². The molecular formula is C17H22N4O. The van der Waals surface area contributed by atoms with Crippen molar-refractivity contribution in [2.45, 2.75) is 40.2 Å². The maximum absolute atomic E-state index is 12.2. The van der Waals surface area contributed by atoms with Gasteiger partial charge in [-0.05, 0) is 70.0 Å². The van der Waals surface area contributed by atoms with E-state index in [0.29, 0.717) is 5.82 Å². The molecule has 0 aliphatic heterocycles. The molecule has 2 aromatic rings. The Morgan fingerprint density at radius 1 is 1.00 bits per heavy atom. The molecule has 0 saturated carbocycles. The fraction of sp³-hybridized carbons (Fsp3) is 0.353. The van der Waals surface area contributed by atoms with Crippen molar-refractivity contribution in [1.29, 1.82) is 0 Å². The lowest BCUT2D eigenvalue weighted by Gasteiger charge is -2.20. The molecule has 1 aromatic heterocycles. The second-order valence-electron chi connectivity index (χ2n) is 6.43. The standard InChI is InChI=1S/C17H22N4O/c1-11-6-7-13(10-12(11)2)18-16(22)14-8-9-15(21-20-14)19-17(3,4)5/h6-10H,1-5H3,(H,18,22)(H,19,21). The maximum atomic E-state index is 12.2. The van der Waals surface area contributed by atoms with E-state index >= 15 is 0 Å². The molecule has 1 heterocycles. The molecule has 1 amide bonds. The number of hydrogen-bond donors (Lipinski definition) is 2. The van der Waals surface area contributed by atoms with Crippen molar-refractivity contribution in [3.63, 3.8) is 0 Å². The fourth-order valence-electron chi connectivity index (χ4n) is 1.92. The zero-order valence-corrected chi connectivity index (χ0v) is 13.7. The van der Waals surface area contributed by atoms with Crippen LogP contribution in [0.1, 0.15) is 42.4 Å². The summed E-state index contributed by atoms with van der Waals surface area (Å²) in [4.78, 5) is 12.2. The Balaban J connectivity index is 2.08. The Hall–Kier alpha value is -2.43. The second kappa shape index (κ2) is 6.13. The van der Waals surface area contributed by atoms with Crippen LogP contribution in [0.15, 0.2) is 30.3 Å². The van der Waals surface area contributed by atoms with Crippen LogP contribution in [-0.4, -0.2) is 21.6 Å². The largest absolute Gasteiger partial charge is 0.364 e. The van der Waals surface area contributed by atoms with Crippen LogP contribution in [-0.2, 0) is 0 Å². The molecule has 0 saturated heterocycles. The molecule has 0 fully saturated rings. The van der Waals surface area contributed by atoms with Crippen molar-refractivity contribution in [3.8, 4) is 0 Å². The van der Waals surface area contributed by atoms with Gasteiger partial charge < -0.3 is 10.6 Å². The molecule has 2 rings (SSSR count). The SMILES string of the molecule is Cc1ccc(NC(=O)c2ccc(NC(C)(C)C)nn2)cc1C. The Labute approximate surface area is 131 Å². The topological polar surface area (TPSA) is 66.9 Å². The molecule has 0 aliphatic carbocycles. The van der Waals surface area contributed by atoms with Crippen molar-refractivity contribution in [2.75, 3.05) is 10.6 Å². The normalized spacial score (nSPS) is 11.1. The van der Waals surface area contributed by atoms with Gasteiger partial charge in [-0.3, -0.25) is 4.79 Å². The summed E-state index contributed by atoms with van der Waals surface area (Å²) in [7, 11) is 0. The smallest absolute Gasteiger partial charge is 0.276 e. The Morgan fingerprint density at radius 2 is 1.73 bits per heavy atom. The van der Waals surface area contributed by atoms with Crippen LogP contribution in [0, 0.1) is 13.8 Å². The third kappa shape index (κ3) is 4.28. The summed E-state index contributed by atoms with van der Waals surface area (Å²) in [6.07, 6.45) is 0. The Bertz CT molecular complexity index is 672. The number of nitrogens with zero attached hydrogens (tertiary/aromatic N) is 2. The number of amides is 1. The second-order valence-corrected chi connectivity index (χ2v) is 6.43. The minimum absolute atomic E-state index is 0.0993. The van der Waals surface area contributed by atoms with E-state index < -0.39 is 0 Å². The molecule has 0 atom stereocenters. The molecular weight excluding hydrogens is 276 g/mol. The summed E-state index contributed by atoms with van der Waals surface area (Å²) in [5.74, 6) is 0.383. The first-order valence-electron chi connectivity index (χ1n) is 7.25. The van der Waals surface area contributed by atoms with Gasteiger partial charge in [-0.1, -0.05) is 6.07 Å². The van der Waals surface area contributed by atoms with E-state index in [-0.39, 0.29) is 17.1 Å². The highest BCUT2D eigenvalue weighted by Gasteiger charge is 2.12. The lowest BCUT2D eigenvalue weighted by molar-refractivity contribution is 0.102. The number of hydrogen-bond acceptors (Lipinski definition) is 4. The van der Waals surface area contributed by atoms with E-state index in [0.717, 1.165) is 11.3 Å². The third-order valence-corrected chi connectivity index (χ3v) is 3.17. The minimum Gasteiger partial charge on any atom is -0.364 e. The lowest BCUT2D eigenvalue weighted by Crippen LogP contribution is -2.27. The molecule has 2 N–H and O–H groups in total. The molecule has 0 unspecified atom stereocenters. The number of nitrogens with one attached hydrogen (secondary N) is 2. The summed E-state index contributed by atoms with van der Waals surface area (Å²) in [6, 6.07) is 9.22. The van der Waals surface area contributed by atoms with Gasteiger partial charge in [0, 0.05) is 11.2 Å². The van der Waals surface area contributed by atoms with Crippen molar-refractivity contribution < 1.29 is 4.79 Å². The van der Waals surface area contributed by atoms with Crippen LogP contribution in [0.3, 0.4) is 0 Å². The highest BCUT2D eigenvalue weighted by molar-refractivity contribution is 6.02. The molecule has 5 nitrogen and oxygen atoms in total. The molecule has 1 aromatic carbocycles. The van der Waals surface area contributed by atoms with E-state index in [1.807, 2.05) is 52.8 Å². The van der Waals surface area contributed by atoms with Crippen molar-refractivity contribution >= 4 is 17.4 Å². The van der Waals surface area contributed by atoms with E-state index in [9.17, 15) is 4.79 Å². The van der Waals surface area contributed by atoms with Crippen molar-refractivity contribution in [1.82, 2.24) is 10.2 Å². The number of rotatable bonds is 3. The summed E-state index contributed by atoms with van der Waals surface area (Å²) in [5, 5.41) is 14.0. The van der Waals surface area contributed by atoms with Crippen LogP contribution < -0.4 is 10.6 Å². The van der Waals surface area contributed by atoms with Gasteiger partial charge in [0.15, 0.2) is 5.69 Å². The Kier molecular flexibility index (Phi) is 4.45. The summed E-state index contributed by atoms with van der Waals surface area (Å²) < 4.78 is 0. The molecule has 116 valence electrons. The maximum Gasteiger partial charge on any atom is 0.276 e. The van der Waals surface area contributed by atoms with Crippen LogP contribution in [0.25, 0.3) is 0 Å². The number of aryl methyl sites for hydroxylation is 2. The zero-order chi connectivity index (χ0) is 16.3. The number of carbonyl (C=O) groups is 1. The van der Waals surface area contributed by atoms with Crippen LogP contribution in [0.2, 0.25) is 0 Å². The fourth-order valence-corrected chi connectivity index (χ4v) is 1.92. The highest BCUT2D eigenvalue weighted by atomic mass is 16.1. The van der Waals surface area contributed by atoms with Gasteiger partial charge in [-0.2, -0.15) is 0 Å². The predicted molar refractivity (Wildman–Crippen MR) is 89.3 cm³/mol. The Morgan fingerprint density at radius 3 is 2.27 bits per heavy atom. The first kappa shape index (κ1) is 15.9. The molecule has 22 heavy (non-hydrogen) atoms. The average Bonchev–Trinajstić information content (AvgIpc) is 2.42. The summed E-state index contributed by atoms with van der Waals surface area (Å²) in [5.41, 5.74) is 3.27. The zero-order valence-electron chi connectivity index (χ0n) is 13.7. The number of aromatic nitrogens is 2. The van der Waals surface area contributed by atoms with Crippen LogP contribution in [0.4, 0.5) is 11.5 Å². The van der Waals surface area contributed by atoms with Gasteiger partial charge in [0.05, 0.1) is 0 Å². The van der Waals surface area contributed by atoms with E-state index in [1.54, 1.807) is 12.1 Å². The number of anilines is 2. The first-order valence-corrected chi connectivity index (χ1v) is 7.25. The van der Waals surface area contributed by atoms with Gasteiger partial charge in [0.2, 0.25) is 0 Å². The van der Waals surface area contributed by atoms with E-state index in [2.05, 4.69) is 20.8 Å². The quantitative estimate of drug-likeness (QED) is 0.909. The third-order valence-electron chi connectivity index (χ3n) is 3.17. The number of benzene rings is 1. The minimum atomic E-state index is -0.266. The monoisotopic (exact) mass is 298 g/mol. The van der Waals surface area contributed by atoms with Gasteiger partial charge in [-0.25, -0.2) is 0 Å². The lowest BCUT2D eigenvalue weighted by atomic mass is 10.1. The first-order chi connectivity index (χ1) is 10.2. The molecule has 5 heteroatoms.